The Balaban J connectivity index is 1.92. The van der Waals surface area contributed by atoms with Gasteiger partial charge in [0, 0.05) is 24.5 Å². The second-order valence-electron chi connectivity index (χ2n) is 5.21. The molecule has 0 spiro atoms. The number of thioether (sulfide) groups is 1. The van der Waals surface area contributed by atoms with Crippen molar-refractivity contribution in [3.05, 3.63) is 35.9 Å². The maximum absolute atomic E-state index is 12.5. The van der Waals surface area contributed by atoms with Gasteiger partial charge in [0.2, 0.25) is 0 Å². The largest absolute Gasteiger partial charge is 0.379 e. The Morgan fingerprint density at radius 1 is 1.26 bits per heavy atom. The van der Waals surface area contributed by atoms with Gasteiger partial charge in [-0.15, -0.1) is 11.8 Å². The standard InChI is InChI=1S/C15H21NO2S/c1-15(2,14(17)13-6-4-3-5-7-13)19-12-16-8-10-18-11-9-16/h3-7H,8-12H2,1-2H3. The SMILES string of the molecule is CC(C)(SCN1CCOCC1)C(=O)c1ccccc1. The van der Waals surface area contributed by atoms with Gasteiger partial charge in [0.05, 0.1) is 18.0 Å². The molecule has 1 aliphatic heterocycles. The minimum absolute atomic E-state index is 0.200. The molecule has 0 unspecified atom stereocenters. The Bertz CT molecular complexity index is 413. The fourth-order valence-electron chi connectivity index (χ4n) is 1.99. The summed E-state index contributed by atoms with van der Waals surface area (Å²) in [6, 6.07) is 9.54. The van der Waals surface area contributed by atoms with Gasteiger partial charge in [-0.1, -0.05) is 30.3 Å². The van der Waals surface area contributed by atoms with E-state index < -0.39 is 0 Å². The summed E-state index contributed by atoms with van der Waals surface area (Å²) in [4.78, 5) is 14.8. The molecule has 1 aromatic rings. The van der Waals surface area contributed by atoms with E-state index in [-0.39, 0.29) is 10.5 Å². The summed E-state index contributed by atoms with van der Waals surface area (Å²) in [6.07, 6.45) is 0. The topological polar surface area (TPSA) is 29.5 Å². The predicted molar refractivity (Wildman–Crippen MR) is 79.7 cm³/mol. The molecule has 0 atom stereocenters. The third-order valence-corrected chi connectivity index (χ3v) is 4.70. The zero-order chi connectivity index (χ0) is 13.7. The van der Waals surface area contributed by atoms with Crippen molar-refractivity contribution in [2.45, 2.75) is 18.6 Å². The molecule has 0 bridgehead atoms. The van der Waals surface area contributed by atoms with E-state index in [1.54, 1.807) is 11.8 Å². The first-order valence-corrected chi connectivity index (χ1v) is 7.62. The van der Waals surface area contributed by atoms with E-state index in [0.717, 1.165) is 37.7 Å². The summed E-state index contributed by atoms with van der Waals surface area (Å²) in [5, 5.41) is 0. The van der Waals surface area contributed by atoms with Gasteiger partial charge in [-0.05, 0) is 13.8 Å². The maximum atomic E-state index is 12.5. The average molecular weight is 279 g/mol. The van der Waals surface area contributed by atoms with Crippen molar-refractivity contribution in [1.82, 2.24) is 4.90 Å². The number of hydrogen-bond acceptors (Lipinski definition) is 4. The first-order chi connectivity index (χ1) is 9.09. The molecule has 0 amide bonds. The number of rotatable bonds is 5. The number of benzene rings is 1. The number of nitrogens with zero attached hydrogens (tertiary/aromatic N) is 1. The first kappa shape index (κ1) is 14.6. The van der Waals surface area contributed by atoms with Crippen molar-refractivity contribution < 1.29 is 9.53 Å². The van der Waals surface area contributed by atoms with Gasteiger partial charge in [0.15, 0.2) is 5.78 Å². The highest BCUT2D eigenvalue weighted by Gasteiger charge is 2.29. The van der Waals surface area contributed by atoms with Crippen molar-refractivity contribution in [1.29, 1.82) is 0 Å². The highest BCUT2D eigenvalue weighted by molar-refractivity contribution is 8.01. The lowest BCUT2D eigenvalue weighted by Gasteiger charge is -2.30. The van der Waals surface area contributed by atoms with Crippen LogP contribution in [0.4, 0.5) is 0 Å². The third kappa shape index (κ3) is 4.06. The van der Waals surface area contributed by atoms with E-state index in [1.165, 1.54) is 0 Å². The summed E-state index contributed by atoms with van der Waals surface area (Å²) in [5.74, 6) is 1.08. The van der Waals surface area contributed by atoms with Gasteiger partial charge in [-0.25, -0.2) is 0 Å². The van der Waals surface area contributed by atoms with Crippen LogP contribution in [-0.2, 0) is 4.74 Å². The number of ether oxygens (including phenoxy) is 1. The van der Waals surface area contributed by atoms with Crippen LogP contribution >= 0.6 is 11.8 Å². The fourth-order valence-corrected chi connectivity index (χ4v) is 3.00. The first-order valence-electron chi connectivity index (χ1n) is 6.63. The van der Waals surface area contributed by atoms with Gasteiger partial charge in [0.25, 0.3) is 0 Å². The number of carbonyl (C=O) groups excluding carboxylic acids is 1. The van der Waals surface area contributed by atoms with Crippen LogP contribution in [-0.4, -0.2) is 47.6 Å². The quantitative estimate of drug-likeness (QED) is 0.775. The molecular formula is C15H21NO2S. The second kappa shape index (κ2) is 6.55. The van der Waals surface area contributed by atoms with Crippen molar-refractivity contribution >= 4 is 17.5 Å². The number of carbonyl (C=O) groups is 1. The Morgan fingerprint density at radius 2 is 1.89 bits per heavy atom. The number of Topliss-reactive ketones (excluding diaryl/α,β-unsaturated/α-hetero) is 1. The van der Waals surface area contributed by atoms with E-state index in [2.05, 4.69) is 4.90 Å². The van der Waals surface area contributed by atoms with E-state index in [0.29, 0.717) is 0 Å². The highest BCUT2D eigenvalue weighted by Crippen LogP contribution is 2.29. The minimum atomic E-state index is -0.389. The molecule has 0 aliphatic carbocycles. The van der Waals surface area contributed by atoms with Crippen LogP contribution < -0.4 is 0 Å². The Labute approximate surface area is 119 Å². The molecule has 0 N–H and O–H groups in total. The van der Waals surface area contributed by atoms with Gasteiger partial charge < -0.3 is 4.74 Å². The summed E-state index contributed by atoms with van der Waals surface area (Å²) in [5.41, 5.74) is 0.793. The van der Waals surface area contributed by atoms with Gasteiger partial charge >= 0.3 is 0 Å². The van der Waals surface area contributed by atoms with Crippen molar-refractivity contribution in [2.24, 2.45) is 0 Å². The van der Waals surface area contributed by atoms with Crippen molar-refractivity contribution in [3.8, 4) is 0 Å². The molecule has 104 valence electrons. The summed E-state index contributed by atoms with van der Waals surface area (Å²) >= 11 is 1.71. The van der Waals surface area contributed by atoms with Gasteiger partial charge in [0.1, 0.15) is 0 Å². The summed E-state index contributed by atoms with van der Waals surface area (Å²) in [6.45, 7) is 7.54. The molecule has 1 aromatic carbocycles. The zero-order valence-electron chi connectivity index (χ0n) is 11.6. The molecule has 4 heteroatoms. The smallest absolute Gasteiger partial charge is 0.178 e. The molecule has 1 heterocycles. The number of hydrogen-bond donors (Lipinski definition) is 0. The second-order valence-corrected chi connectivity index (χ2v) is 6.78. The van der Waals surface area contributed by atoms with E-state index in [1.807, 2.05) is 44.2 Å². The van der Waals surface area contributed by atoms with Crippen LogP contribution in [0, 0.1) is 0 Å². The molecule has 1 aliphatic rings. The molecule has 0 saturated carbocycles. The lowest BCUT2D eigenvalue weighted by Crippen LogP contribution is -2.38. The summed E-state index contributed by atoms with van der Waals surface area (Å²) in [7, 11) is 0. The third-order valence-electron chi connectivity index (χ3n) is 3.29. The minimum Gasteiger partial charge on any atom is -0.379 e. The predicted octanol–water partition coefficient (Wildman–Crippen LogP) is 2.67. The molecule has 1 saturated heterocycles. The lowest BCUT2D eigenvalue weighted by molar-refractivity contribution is 0.0472. The molecule has 0 aromatic heterocycles. The van der Waals surface area contributed by atoms with Crippen LogP contribution in [0.25, 0.3) is 0 Å². The summed E-state index contributed by atoms with van der Waals surface area (Å²) < 4.78 is 4.94. The molecular weight excluding hydrogens is 258 g/mol. The van der Waals surface area contributed by atoms with E-state index in [9.17, 15) is 4.79 Å². The van der Waals surface area contributed by atoms with Crippen LogP contribution in [0.15, 0.2) is 30.3 Å². The van der Waals surface area contributed by atoms with E-state index in [4.69, 9.17) is 4.74 Å². The molecule has 1 fully saturated rings. The zero-order valence-corrected chi connectivity index (χ0v) is 12.4. The monoisotopic (exact) mass is 279 g/mol. The van der Waals surface area contributed by atoms with Crippen LogP contribution in [0.3, 0.4) is 0 Å². The lowest BCUT2D eigenvalue weighted by atomic mass is 10.0. The molecule has 0 radical (unpaired) electrons. The number of ketones is 1. The van der Waals surface area contributed by atoms with Gasteiger partial charge in [-0.2, -0.15) is 0 Å². The Hall–Kier alpha value is -0.840. The molecule has 2 rings (SSSR count). The maximum Gasteiger partial charge on any atom is 0.178 e. The van der Waals surface area contributed by atoms with Crippen LogP contribution in [0.2, 0.25) is 0 Å². The average Bonchev–Trinajstić information content (AvgIpc) is 2.46. The number of morpholine rings is 1. The van der Waals surface area contributed by atoms with Gasteiger partial charge in [-0.3, -0.25) is 9.69 Å². The van der Waals surface area contributed by atoms with Crippen LogP contribution in [0.5, 0.6) is 0 Å². The van der Waals surface area contributed by atoms with Crippen molar-refractivity contribution in [2.75, 3.05) is 32.2 Å². The van der Waals surface area contributed by atoms with Crippen molar-refractivity contribution in [3.63, 3.8) is 0 Å². The fraction of sp³-hybridized carbons (Fsp3) is 0.533. The van der Waals surface area contributed by atoms with E-state index >= 15 is 0 Å². The molecule has 3 nitrogen and oxygen atoms in total. The Kier molecular flexibility index (Phi) is 5.02. The highest BCUT2D eigenvalue weighted by atomic mass is 32.2. The normalized spacial score (nSPS) is 17.4. The Morgan fingerprint density at radius 3 is 2.53 bits per heavy atom. The molecule has 19 heavy (non-hydrogen) atoms. The van der Waals surface area contributed by atoms with Crippen LogP contribution in [0.1, 0.15) is 24.2 Å².